The van der Waals surface area contributed by atoms with Gasteiger partial charge in [0.2, 0.25) is 0 Å². The summed E-state index contributed by atoms with van der Waals surface area (Å²) in [5.41, 5.74) is -1.32. The molecule has 1 aromatic rings. The van der Waals surface area contributed by atoms with E-state index in [0.29, 0.717) is 11.8 Å². The zero-order valence-corrected chi connectivity index (χ0v) is 12.6. The molecule has 0 bridgehead atoms. The molecule has 1 aliphatic heterocycles. The van der Waals surface area contributed by atoms with Crippen LogP contribution in [0.3, 0.4) is 0 Å². The van der Waals surface area contributed by atoms with Crippen LogP contribution in [0.5, 0.6) is 11.5 Å². The Morgan fingerprint density at radius 2 is 1.87 bits per heavy atom. The van der Waals surface area contributed by atoms with Gasteiger partial charge in [-0.3, -0.25) is 10.2 Å². The molecule has 1 amide bonds. The Hall–Kier alpha value is -2.42. The van der Waals surface area contributed by atoms with Crippen molar-refractivity contribution in [3.8, 4) is 11.5 Å². The summed E-state index contributed by atoms with van der Waals surface area (Å²) in [4.78, 5) is 12.4. The van der Waals surface area contributed by atoms with Gasteiger partial charge in [0.15, 0.2) is 11.5 Å². The van der Waals surface area contributed by atoms with Gasteiger partial charge in [-0.2, -0.15) is 13.2 Å². The van der Waals surface area contributed by atoms with Gasteiger partial charge < -0.3 is 14.6 Å². The fourth-order valence-corrected chi connectivity index (χ4v) is 2.17. The summed E-state index contributed by atoms with van der Waals surface area (Å²) in [6.07, 6.45) is -4.53. The number of amides is 1. The molecule has 0 aromatic heterocycles. The number of halogens is 3. The average Bonchev–Trinajstić information content (AvgIpc) is 2.81. The summed E-state index contributed by atoms with van der Waals surface area (Å²) in [7, 11) is 2.72. The van der Waals surface area contributed by atoms with E-state index in [-0.39, 0.29) is 22.0 Å². The normalized spacial score (nSPS) is 20.8. The van der Waals surface area contributed by atoms with E-state index in [4.69, 9.17) is 9.47 Å². The van der Waals surface area contributed by atoms with E-state index in [0.717, 1.165) is 0 Å². The number of nitrogens with zero attached hydrogens (tertiary/aromatic N) is 1. The van der Waals surface area contributed by atoms with E-state index in [2.05, 4.69) is 5.43 Å². The van der Waals surface area contributed by atoms with E-state index in [1.807, 2.05) is 0 Å². The summed E-state index contributed by atoms with van der Waals surface area (Å²) in [6, 6.07) is 3.89. The maximum atomic E-state index is 13.1. The Morgan fingerprint density at radius 1 is 1.26 bits per heavy atom. The molecule has 1 atom stereocenters. The molecule has 1 aliphatic rings. The minimum atomic E-state index is -5.07. The van der Waals surface area contributed by atoms with E-state index >= 15 is 0 Å². The number of alkyl halides is 3. The molecule has 0 saturated carbocycles. The SMILES string of the molecule is COc1ccc(C(=O)N2NC(C)=CC2(O)C(F)(F)F)cc1OC. The lowest BCUT2D eigenvalue weighted by molar-refractivity contribution is -0.283. The van der Waals surface area contributed by atoms with E-state index in [9.17, 15) is 23.1 Å². The summed E-state index contributed by atoms with van der Waals surface area (Å²) in [5.74, 6) is -0.574. The largest absolute Gasteiger partial charge is 0.493 e. The number of nitrogens with one attached hydrogen (secondary N) is 1. The molecule has 0 spiro atoms. The average molecular weight is 332 g/mol. The van der Waals surface area contributed by atoms with Gasteiger partial charge in [0.1, 0.15) is 0 Å². The fourth-order valence-electron chi connectivity index (χ4n) is 2.17. The summed E-state index contributed by atoms with van der Waals surface area (Å²) >= 11 is 0. The smallest absolute Gasteiger partial charge is 0.442 e. The second kappa shape index (κ2) is 5.65. The van der Waals surface area contributed by atoms with Crippen molar-refractivity contribution >= 4 is 5.91 Å². The molecule has 0 fully saturated rings. The molecule has 23 heavy (non-hydrogen) atoms. The summed E-state index contributed by atoms with van der Waals surface area (Å²) in [6.45, 7) is 1.30. The Labute approximate surface area is 130 Å². The maximum Gasteiger partial charge on any atom is 0.442 e. The third-order valence-corrected chi connectivity index (χ3v) is 3.30. The predicted molar refractivity (Wildman–Crippen MR) is 73.6 cm³/mol. The molecular weight excluding hydrogens is 317 g/mol. The van der Waals surface area contributed by atoms with Gasteiger partial charge in [-0.15, -0.1) is 0 Å². The minimum absolute atomic E-state index is 0.00125. The number of carbonyl (C=O) groups excluding carboxylic acids is 1. The van der Waals surface area contributed by atoms with Crippen LogP contribution in [-0.4, -0.2) is 42.1 Å². The molecule has 126 valence electrons. The Kier molecular flexibility index (Phi) is 4.16. The number of carbonyl (C=O) groups is 1. The van der Waals surface area contributed by atoms with Crippen LogP contribution in [0.1, 0.15) is 17.3 Å². The highest BCUT2D eigenvalue weighted by Gasteiger charge is 2.61. The zero-order chi connectivity index (χ0) is 17.4. The number of hydrogen-bond acceptors (Lipinski definition) is 5. The van der Waals surface area contributed by atoms with Crippen molar-refractivity contribution in [3.05, 3.63) is 35.5 Å². The van der Waals surface area contributed by atoms with Gasteiger partial charge in [-0.05, 0) is 31.2 Å². The van der Waals surface area contributed by atoms with Crippen molar-refractivity contribution in [2.45, 2.75) is 18.8 Å². The van der Waals surface area contributed by atoms with Crippen LogP contribution in [0.25, 0.3) is 0 Å². The third-order valence-electron chi connectivity index (χ3n) is 3.30. The molecule has 6 nitrogen and oxygen atoms in total. The van der Waals surface area contributed by atoms with Gasteiger partial charge in [0.25, 0.3) is 11.6 Å². The first-order valence-electron chi connectivity index (χ1n) is 6.46. The number of aliphatic hydroxyl groups is 1. The quantitative estimate of drug-likeness (QED) is 0.883. The molecule has 0 aliphatic carbocycles. The first-order valence-corrected chi connectivity index (χ1v) is 6.46. The molecule has 1 aromatic carbocycles. The first kappa shape index (κ1) is 16.9. The van der Waals surface area contributed by atoms with Crippen LogP contribution >= 0.6 is 0 Å². The molecule has 1 unspecified atom stereocenters. The van der Waals surface area contributed by atoms with Crippen molar-refractivity contribution in [3.63, 3.8) is 0 Å². The first-order chi connectivity index (χ1) is 10.6. The number of ether oxygens (including phenoxy) is 2. The second-order valence-corrected chi connectivity index (χ2v) is 4.87. The van der Waals surface area contributed by atoms with Crippen molar-refractivity contribution < 1.29 is 32.5 Å². The van der Waals surface area contributed by atoms with Crippen molar-refractivity contribution in [2.24, 2.45) is 0 Å². The van der Waals surface area contributed by atoms with Crippen LogP contribution in [-0.2, 0) is 0 Å². The Morgan fingerprint density at radius 3 is 2.39 bits per heavy atom. The van der Waals surface area contributed by atoms with Crippen molar-refractivity contribution in [2.75, 3.05) is 14.2 Å². The van der Waals surface area contributed by atoms with Crippen LogP contribution in [0.15, 0.2) is 30.0 Å². The highest BCUT2D eigenvalue weighted by atomic mass is 19.4. The molecule has 0 saturated heterocycles. The monoisotopic (exact) mass is 332 g/mol. The van der Waals surface area contributed by atoms with E-state index < -0.39 is 17.8 Å². The lowest BCUT2D eigenvalue weighted by atomic mass is 10.1. The summed E-state index contributed by atoms with van der Waals surface area (Å²) in [5, 5.41) is 10.0. The highest BCUT2D eigenvalue weighted by Crippen LogP contribution is 2.38. The standard InChI is InChI=1S/C14H15F3N2O4/c1-8-7-13(21,14(15,16)17)19(18-8)12(20)9-4-5-10(22-2)11(6-9)23-3/h4-7,18,21H,1-3H3. The Balaban J connectivity index is 2.41. The van der Waals surface area contributed by atoms with E-state index in [1.165, 1.54) is 39.3 Å². The third kappa shape index (κ3) is 2.79. The Bertz CT molecular complexity index is 660. The molecule has 2 rings (SSSR count). The topological polar surface area (TPSA) is 71.0 Å². The van der Waals surface area contributed by atoms with Gasteiger partial charge in [-0.25, -0.2) is 5.01 Å². The lowest BCUT2D eigenvalue weighted by Gasteiger charge is -2.33. The van der Waals surface area contributed by atoms with Gasteiger partial charge in [0.05, 0.1) is 14.2 Å². The van der Waals surface area contributed by atoms with E-state index in [1.54, 1.807) is 0 Å². The van der Waals surface area contributed by atoms with Crippen LogP contribution in [0.2, 0.25) is 0 Å². The van der Waals surface area contributed by atoms with Gasteiger partial charge in [-0.1, -0.05) is 0 Å². The summed E-state index contributed by atoms with van der Waals surface area (Å²) < 4.78 is 49.4. The van der Waals surface area contributed by atoms with Crippen molar-refractivity contribution in [1.29, 1.82) is 0 Å². The molecule has 0 radical (unpaired) electrons. The van der Waals surface area contributed by atoms with Gasteiger partial charge in [0, 0.05) is 11.3 Å². The predicted octanol–water partition coefficient (Wildman–Crippen LogP) is 1.82. The van der Waals surface area contributed by atoms with Gasteiger partial charge >= 0.3 is 6.18 Å². The van der Waals surface area contributed by atoms with Crippen molar-refractivity contribution in [1.82, 2.24) is 10.4 Å². The van der Waals surface area contributed by atoms with Crippen LogP contribution in [0.4, 0.5) is 13.2 Å². The van der Waals surface area contributed by atoms with Crippen LogP contribution in [0, 0.1) is 0 Å². The number of hydrogen-bond donors (Lipinski definition) is 2. The lowest BCUT2D eigenvalue weighted by Crippen LogP contribution is -2.60. The second-order valence-electron chi connectivity index (χ2n) is 4.87. The molecule has 1 heterocycles. The number of methoxy groups -OCH3 is 2. The zero-order valence-electron chi connectivity index (χ0n) is 12.6. The fraction of sp³-hybridized carbons (Fsp3) is 0.357. The van der Waals surface area contributed by atoms with Crippen LogP contribution < -0.4 is 14.9 Å². The number of hydrazine groups is 1. The number of benzene rings is 1. The molecular formula is C14H15F3N2O4. The number of allylic oxidation sites excluding steroid dienone is 1. The maximum absolute atomic E-state index is 13.1. The molecule has 9 heteroatoms. The molecule has 2 N–H and O–H groups in total. The number of rotatable bonds is 3. The minimum Gasteiger partial charge on any atom is -0.493 e. The highest BCUT2D eigenvalue weighted by molar-refractivity contribution is 5.95.